The van der Waals surface area contributed by atoms with Gasteiger partial charge in [0.25, 0.3) is 0 Å². The first-order valence-corrected chi connectivity index (χ1v) is 12.9. The van der Waals surface area contributed by atoms with Crippen LogP contribution in [0.5, 0.6) is 5.75 Å². The maximum atomic E-state index is 13.8. The SMILES string of the molecule is CCCCCCCCCCCCCCCCC(CN(O)C=O)C(=O)Oc1c(F)c(F)c(F)c(F)c1F. The van der Waals surface area contributed by atoms with E-state index < -0.39 is 53.3 Å². The molecule has 36 heavy (non-hydrogen) atoms. The summed E-state index contributed by atoms with van der Waals surface area (Å²) >= 11 is 0. The van der Waals surface area contributed by atoms with Crippen LogP contribution in [0.4, 0.5) is 22.0 Å². The summed E-state index contributed by atoms with van der Waals surface area (Å²) in [5.41, 5.74) is 0. The molecule has 0 spiro atoms. The van der Waals surface area contributed by atoms with Gasteiger partial charge in [0.15, 0.2) is 0 Å². The Hall–Kier alpha value is -2.23. The average molecular weight is 524 g/mol. The lowest BCUT2D eigenvalue weighted by atomic mass is 9.99. The Morgan fingerprint density at radius 3 is 1.56 bits per heavy atom. The van der Waals surface area contributed by atoms with Crippen molar-refractivity contribution < 1.29 is 41.5 Å². The molecule has 0 aliphatic rings. The van der Waals surface area contributed by atoms with Crippen LogP contribution in [0.25, 0.3) is 0 Å². The number of unbranched alkanes of at least 4 members (excludes halogenated alkanes) is 13. The number of hydrogen-bond donors (Lipinski definition) is 1. The molecular formula is C26H38F5NO4. The lowest BCUT2D eigenvalue weighted by Gasteiger charge is -2.19. The first-order valence-electron chi connectivity index (χ1n) is 12.9. The van der Waals surface area contributed by atoms with E-state index in [0.29, 0.717) is 6.42 Å². The van der Waals surface area contributed by atoms with E-state index in [4.69, 9.17) is 0 Å². The van der Waals surface area contributed by atoms with Gasteiger partial charge in [-0.25, -0.2) is 18.2 Å². The number of nitrogens with zero attached hydrogens (tertiary/aromatic N) is 1. The van der Waals surface area contributed by atoms with Crippen LogP contribution in [0.3, 0.4) is 0 Å². The van der Waals surface area contributed by atoms with E-state index in [-0.39, 0.29) is 17.9 Å². The summed E-state index contributed by atoms with van der Waals surface area (Å²) in [7, 11) is 0. The first-order chi connectivity index (χ1) is 17.2. The summed E-state index contributed by atoms with van der Waals surface area (Å²) in [5, 5.41) is 9.59. The van der Waals surface area contributed by atoms with Gasteiger partial charge in [0.2, 0.25) is 41.2 Å². The Labute approximate surface area is 210 Å². The molecule has 0 fully saturated rings. The van der Waals surface area contributed by atoms with Gasteiger partial charge in [0.05, 0.1) is 12.5 Å². The predicted molar refractivity (Wildman–Crippen MR) is 125 cm³/mol. The van der Waals surface area contributed by atoms with Gasteiger partial charge in [0.1, 0.15) is 0 Å². The molecular weight excluding hydrogens is 485 g/mol. The van der Waals surface area contributed by atoms with Crippen LogP contribution in [0.1, 0.15) is 103 Å². The standard InChI is InChI=1S/C26H38F5NO4/c1-2-3-4-5-6-7-8-9-10-11-12-13-14-15-16-19(17-32(35)18-33)26(34)36-25-23(30)21(28)20(27)22(29)24(25)31/h18-19,35H,2-17H2,1H3. The van der Waals surface area contributed by atoms with Crippen LogP contribution in [0.2, 0.25) is 0 Å². The third-order valence-corrected chi connectivity index (χ3v) is 6.14. The highest BCUT2D eigenvalue weighted by atomic mass is 19.2. The molecule has 0 radical (unpaired) electrons. The second kappa shape index (κ2) is 18.1. The molecule has 0 saturated carbocycles. The highest BCUT2D eigenvalue weighted by Crippen LogP contribution is 2.30. The summed E-state index contributed by atoms with van der Waals surface area (Å²) in [6.45, 7) is 1.66. The molecule has 0 aliphatic heterocycles. The lowest BCUT2D eigenvalue weighted by molar-refractivity contribution is -0.158. The molecule has 1 unspecified atom stereocenters. The average Bonchev–Trinajstić information content (AvgIpc) is 2.87. The number of benzene rings is 1. The molecule has 1 aromatic carbocycles. The van der Waals surface area contributed by atoms with Crippen LogP contribution in [-0.4, -0.2) is 29.2 Å². The second-order valence-electron chi connectivity index (χ2n) is 9.13. The van der Waals surface area contributed by atoms with Gasteiger partial charge in [0, 0.05) is 0 Å². The first kappa shape index (κ1) is 31.8. The number of hydrogen-bond acceptors (Lipinski definition) is 4. The van der Waals surface area contributed by atoms with Crippen molar-refractivity contribution in [3.05, 3.63) is 29.1 Å². The fourth-order valence-electron chi connectivity index (χ4n) is 4.00. The Kier molecular flexibility index (Phi) is 16.0. The minimum atomic E-state index is -2.37. The minimum Gasteiger partial charge on any atom is -0.420 e. The number of carbonyl (C=O) groups is 2. The van der Waals surface area contributed by atoms with E-state index in [9.17, 15) is 36.7 Å². The fraction of sp³-hybridized carbons (Fsp3) is 0.692. The molecule has 0 bridgehead atoms. The van der Waals surface area contributed by atoms with Crippen molar-refractivity contribution in [1.82, 2.24) is 5.06 Å². The highest BCUT2D eigenvalue weighted by Gasteiger charge is 2.31. The molecule has 0 aromatic heterocycles. The van der Waals surface area contributed by atoms with Crippen LogP contribution in [0.15, 0.2) is 0 Å². The Balaban J connectivity index is 2.41. The Morgan fingerprint density at radius 1 is 0.750 bits per heavy atom. The lowest BCUT2D eigenvalue weighted by Crippen LogP contribution is -2.33. The van der Waals surface area contributed by atoms with E-state index in [1.54, 1.807) is 0 Å². The maximum Gasteiger partial charge on any atom is 0.316 e. The topological polar surface area (TPSA) is 66.8 Å². The van der Waals surface area contributed by atoms with Gasteiger partial charge < -0.3 is 4.74 Å². The quantitative estimate of drug-likeness (QED) is 0.0220. The minimum absolute atomic E-state index is 0.0316. The smallest absolute Gasteiger partial charge is 0.316 e. The third-order valence-electron chi connectivity index (χ3n) is 6.14. The van der Waals surface area contributed by atoms with Gasteiger partial charge >= 0.3 is 5.97 Å². The van der Waals surface area contributed by atoms with E-state index in [1.165, 1.54) is 51.4 Å². The van der Waals surface area contributed by atoms with Crippen molar-refractivity contribution in [2.45, 2.75) is 103 Å². The predicted octanol–water partition coefficient (Wildman–Crippen LogP) is 7.62. The van der Waals surface area contributed by atoms with Crippen molar-refractivity contribution in [3.63, 3.8) is 0 Å². The van der Waals surface area contributed by atoms with Gasteiger partial charge in [-0.1, -0.05) is 96.8 Å². The summed E-state index contributed by atoms with van der Waals surface area (Å²) in [5.74, 6) is -15.6. The molecule has 10 heteroatoms. The Bertz CT molecular complexity index is 780. The molecule has 1 N–H and O–H groups in total. The summed E-state index contributed by atoms with van der Waals surface area (Å²) in [6, 6.07) is 0. The van der Waals surface area contributed by atoms with E-state index in [1.807, 2.05) is 0 Å². The second-order valence-corrected chi connectivity index (χ2v) is 9.13. The summed E-state index contributed by atoms with van der Waals surface area (Å²) in [4.78, 5) is 23.1. The number of carbonyl (C=O) groups excluding carboxylic acids is 2. The number of esters is 1. The number of amides is 1. The van der Waals surface area contributed by atoms with Crippen LogP contribution < -0.4 is 4.74 Å². The number of hydroxylamine groups is 2. The normalized spacial score (nSPS) is 12.0. The number of rotatable bonds is 20. The van der Waals surface area contributed by atoms with Gasteiger partial charge in [-0.05, 0) is 6.42 Å². The van der Waals surface area contributed by atoms with E-state index in [0.717, 1.165) is 32.1 Å². The number of halogens is 5. The molecule has 0 heterocycles. The molecule has 1 atom stereocenters. The maximum absolute atomic E-state index is 13.8. The molecule has 1 rings (SSSR count). The van der Waals surface area contributed by atoms with Gasteiger partial charge in [-0.2, -0.15) is 8.78 Å². The largest absolute Gasteiger partial charge is 0.420 e. The molecule has 0 aliphatic carbocycles. The van der Waals surface area contributed by atoms with Crippen molar-refractivity contribution in [2.24, 2.45) is 5.92 Å². The van der Waals surface area contributed by atoms with Crippen LogP contribution >= 0.6 is 0 Å². The molecule has 1 amide bonds. The molecule has 5 nitrogen and oxygen atoms in total. The van der Waals surface area contributed by atoms with E-state index >= 15 is 0 Å². The zero-order valence-electron chi connectivity index (χ0n) is 21.0. The highest BCUT2D eigenvalue weighted by molar-refractivity contribution is 5.75. The zero-order chi connectivity index (χ0) is 26.9. The van der Waals surface area contributed by atoms with Gasteiger partial charge in [-0.15, -0.1) is 0 Å². The monoisotopic (exact) mass is 523 g/mol. The van der Waals surface area contributed by atoms with Crippen molar-refractivity contribution in [2.75, 3.05) is 6.54 Å². The molecule has 1 aromatic rings. The van der Waals surface area contributed by atoms with Crippen molar-refractivity contribution in [3.8, 4) is 5.75 Å². The zero-order valence-corrected chi connectivity index (χ0v) is 21.0. The molecule has 206 valence electrons. The van der Waals surface area contributed by atoms with E-state index in [2.05, 4.69) is 11.7 Å². The van der Waals surface area contributed by atoms with Gasteiger partial charge in [-0.3, -0.25) is 14.8 Å². The summed E-state index contributed by atoms with van der Waals surface area (Å²) in [6.07, 6.45) is 15.7. The summed E-state index contributed by atoms with van der Waals surface area (Å²) < 4.78 is 72.1. The third kappa shape index (κ3) is 11.2. The number of ether oxygens (including phenoxy) is 1. The van der Waals surface area contributed by atoms with Crippen LogP contribution in [0, 0.1) is 35.0 Å². The van der Waals surface area contributed by atoms with Crippen molar-refractivity contribution in [1.29, 1.82) is 0 Å². The molecule has 0 saturated heterocycles. The fourth-order valence-corrected chi connectivity index (χ4v) is 4.00. The Morgan fingerprint density at radius 2 is 1.14 bits per heavy atom. The van der Waals surface area contributed by atoms with Crippen LogP contribution in [-0.2, 0) is 9.59 Å². The van der Waals surface area contributed by atoms with Crippen molar-refractivity contribution >= 4 is 12.4 Å².